The molecule has 0 aliphatic rings. The van der Waals surface area contributed by atoms with Crippen molar-refractivity contribution >= 4 is 28.9 Å². The van der Waals surface area contributed by atoms with Gasteiger partial charge in [0.05, 0.1) is 18.0 Å². The number of ether oxygens (including phenoxy) is 1. The maximum atomic E-state index is 11.1. The van der Waals surface area contributed by atoms with E-state index in [4.69, 9.17) is 16.3 Å². The Morgan fingerprint density at radius 1 is 1.56 bits per heavy atom. The third-order valence-corrected chi connectivity index (χ3v) is 2.34. The minimum Gasteiger partial charge on any atom is -0.466 e. The van der Waals surface area contributed by atoms with Crippen LogP contribution in [-0.2, 0) is 9.53 Å². The Morgan fingerprint density at radius 2 is 2.28 bits per heavy atom. The van der Waals surface area contributed by atoms with Crippen LogP contribution in [0.3, 0.4) is 0 Å². The summed E-state index contributed by atoms with van der Waals surface area (Å²) in [4.78, 5) is 21.3. The number of nitrogens with zero attached hydrogens (tertiary/aromatic N) is 1. The van der Waals surface area contributed by atoms with Crippen molar-refractivity contribution in [2.75, 3.05) is 18.5 Å². The SMILES string of the molecule is CCOC(=O)CCNc1ccc(Cl)cc1[N+](=O)[O-]. The van der Waals surface area contributed by atoms with Gasteiger partial charge in [-0.2, -0.15) is 0 Å². The van der Waals surface area contributed by atoms with Crippen LogP contribution in [0, 0.1) is 10.1 Å². The maximum Gasteiger partial charge on any atom is 0.307 e. The molecule has 0 aliphatic carbocycles. The van der Waals surface area contributed by atoms with E-state index in [1.165, 1.54) is 12.1 Å². The first-order valence-corrected chi connectivity index (χ1v) is 5.75. The van der Waals surface area contributed by atoms with E-state index in [1.54, 1.807) is 13.0 Å². The molecule has 0 fully saturated rings. The van der Waals surface area contributed by atoms with Crippen LogP contribution in [0.4, 0.5) is 11.4 Å². The minimum atomic E-state index is -0.529. The van der Waals surface area contributed by atoms with Crippen molar-refractivity contribution < 1.29 is 14.5 Å². The standard InChI is InChI=1S/C11H13ClN2O4/c1-2-18-11(15)5-6-13-9-4-3-8(12)7-10(9)14(16)17/h3-4,7,13H,2,5-6H2,1H3. The third kappa shape index (κ3) is 4.21. The highest BCUT2D eigenvalue weighted by molar-refractivity contribution is 6.30. The van der Waals surface area contributed by atoms with Crippen molar-refractivity contribution in [3.63, 3.8) is 0 Å². The van der Waals surface area contributed by atoms with E-state index in [9.17, 15) is 14.9 Å². The zero-order chi connectivity index (χ0) is 13.5. The van der Waals surface area contributed by atoms with Crippen molar-refractivity contribution in [3.05, 3.63) is 33.3 Å². The fourth-order valence-electron chi connectivity index (χ4n) is 1.34. The second-order valence-electron chi connectivity index (χ2n) is 3.40. The molecule has 1 aromatic carbocycles. The number of hydrogen-bond donors (Lipinski definition) is 1. The van der Waals surface area contributed by atoms with Gasteiger partial charge in [-0.25, -0.2) is 0 Å². The number of halogens is 1. The highest BCUT2D eigenvalue weighted by atomic mass is 35.5. The Balaban J connectivity index is 2.62. The van der Waals surface area contributed by atoms with Gasteiger partial charge in [0.2, 0.25) is 0 Å². The van der Waals surface area contributed by atoms with Crippen LogP contribution in [0.2, 0.25) is 5.02 Å². The molecule has 98 valence electrons. The molecule has 0 atom stereocenters. The number of anilines is 1. The molecular weight excluding hydrogens is 260 g/mol. The van der Waals surface area contributed by atoms with Gasteiger partial charge in [-0.15, -0.1) is 0 Å². The molecule has 1 rings (SSSR count). The summed E-state index contributed by atoms with van der Waals surface area (Å²) >= 11 is 5.68. The van der Waals surface area contributed by atoms with Gasteiger partial charge in [-0.3, -0.25) is 14.9 Å². The first-order chi connectivity index (χ1) is 8.54. The van der Waals surface area contributed by atoms with Crippen molar-refractivity contribution in [2.24, 2.45) is 0 Å². The quantitative estimate of drug-likeness (QED) is 0.489. The molecule has 1 aromatic rings. The highest BCUT2D eigenvalue weighted by Gasteiger charge is 2.14. The average Bonchev–Trinajstić information content (AvgIpc) is 2.31. The molecule has 0 saturated heterocycles. The van der Waals surface area contributed by atoms with Crippen molar-refractivity contribution in [1.82, 2.24) is 0 Å². The molecule has 0 aromatic heterocycles. The molecule has 1 N–H and O–H groups in total. The molecule has 0 saturated carbocycles. The van der Waals surface area contributed by atoms with E-state index < -0.39 is 4.92 Å². The lowest BCUT2D eigenvalue weighted by Gasteiger charge is -2.07. The van der Waals surface area contributed by atoms with E-state index in [-0.39, 0.29) is 29.6 Å². The number of carbonyl (C=O) groups is 1. The van der Waals surface area contributed by atoms with Crippen LogP contribution < -0.4 is 5.32 Å². The van der Waals surface area contributed by atoms with Gasteiger partial charge < -0.3 is 10.1 Å². The van der Waals surface area contributed by atoms with Gasteiger partial charge in [0, 0.05) is 17.6 Å². The fraction of sp³-hybridized carbons (Fsp3) is 0.364. The summed E-state index contributed by atoms with van der Waals surface area (Å²) < 4.78 is 4.74. The topological polar surface area (TPSA) is 81.5 Å². The number of nitro groups is 1. The Hall–Kier alpha value is -1.82. The van der Waals surface area contributed by atoms with Crippen LogP contribution in [0.1, 0.15) is 13.3 Å². The number of carbonyl (C=O) groups excluding carboxylic acids is 1. The summed E-state index contributed by atoms with van der Waals surface area (Å²) in [5.74, 6) is -0.346. The van der Waals surface area contributed by atoms with Gasteiger partial charge in [-0.05, 0) is 19.1 Å². The first-order valence-electron chi connectivity index (χ1n) is 5.38. The Kier molecular flexibility index (Phi) is 5.38. The summed E-state index contributed by atoms with van der Waals surface area (Å²) in [5, 5.41) is 13.9. The van der Waals surface area contributed by atoms with Gasteiger partial charge in [0.15, 0.2) is 0 Å². The predicted molar refractivity (Wildman–Crippen MR) is 67.8 cm³/mol. The molecule has 0 spiro atoms. The summed E-state index contributed by atoms with van der Waals surface area (Å²) in [7, 11) is 0. The lowest BCUT2D eigenvalue weighted by atomic mass is 10.2. The zero-order valence-electron chi connectivity index (χ0n) is 9.81. The minimum absolute atomic E-state index is 0.119. The monoisotopic (exact) mass is 272 g/mol. The summed E-state index contributed by atoms with van der Waals surface area (Å²) in [6, 6.07) is 4.31. The second-order valence-corrected chi connectivity index (χ2v) is 3.84. The normalized spacial score (nSPS) is 9.89. The number of benzene rings is 1. The molecule has 6 nitrogen and oxygen atoms in total. The van der Waals surface area contributed by atoms with Crippen LogP contribution in [0.15, 0.2) is 18.2 Å². The Labute approximate surface area is 109 Å². The number of esters is 1. The van der Waals surface area contributed by atoms with Crippen molar-refractivity contribution in [3.8, 4) is 0 Å². The van der Waals surface area contributed by atoms with Crippen LogP contribution in [-0.4, -0.2) is 24.0 Å². The molecule has 0 heterocycles. The van der Waals surface area contributed by atoms with Gasteiger partial charge in [0.25, 0.3) is 5.69 Å². The zero-order valence-corrected chi connectivity index (χ0v) is 10.6. The smallest absolute Gasteiger partial charge is 0.307 e. The average molecular weight is 273 g/mol. The number of nitro benzene ring substituents is 1. The summed E-state index contributed by atoms with van der Waals surface area (Å²) in [6.07, 6.45) is 0.146. The molecule has 0 radical (unpaired) electrons. The molecule has 0 aliphatic heterocycles. The van der Waals surface area contributed by atoms with Crippen LogP contribution >= 0.6 is 11.6 Å². The molecule has 0 bridgehead atoms. The summed E-state index contributed by atoms with van der Waals surface area (Å²) in [6.45, 7) is 2.30. The number of hydrogen-bond acceptors (Lipinski definition) is 5. The van der Waals surface area contributed by atoms with Gasteiger partial charge in [-0.1, -0.05) is 11.6 Å². The molecule has 18 heavy (non-hydrogen) atoms. The maximum absolute atomic E-state index is 11.1. The highest BCUT2D eigenvalue weighted by Crippen LogP contribution is 2.27. The van der Waals surface area contributed by atoms with Crippen LogP contribution in [0.5, 0.6) is 0 Å². The lowest BCUT2D eigenvalue weighted by Crippen LogP contribution is -2.12. The van der Waals surface area contributed by atoms with E-state index in [1.807, 2.05) is 0 Å². The lowest BCUT2D eigenvalue weighted by molar-refractivity contribution is -0.383. The van der Waals surface area contributed by atoms with Crippen LogP contribution in [0.25, 0.3) is 0 Å². The number of rotatable bonds is 6. The largest absolute Gasteiger partial charge is 0.466 e. The molecule has 0 unspecified atom stereocenters. The molecule has 0 amide bonds. The summed E-state index contributed by atoms with van der Waals surface area (Å²) in [5.41, 5.74) is 0.208. The number of nitrogens with one attached hydrogen (secondary N) is 1. The first kappa shape index (κ1) is 14.2. The predicted octanol–water partition coefficient (Wildman–Crippen LogP) is 2.61. The van der Waals surface area contributed by atoms with Crippen molar-refractivity contribution in [2.45, 2.75) is 13.3 Å². The molecule has 7 heteroatoms. The molecular formula is C11H13ClN2O4. The Morgan fingerprint density at radius 3 is 2.89 bits per heavy atom. The van der Waals surface area contributed by atoms with Gasteiger partial charge >= 0.3 is 5.97 Å². The van der Waals surface area contributed by atoms with E-state index >= 15 is 0 Å². The van der Waals surface area contributed by atoms with E-state index in [2.05, 4.69) is 5.32 Å². The fourth-order valence-corrected chi connectivity index (χ4v) is 1.50. The Bertz CT molecular complexity index is 451. The van der Waals surface area contributed by atoms with E-state index in [0.717, 1.165) is 0 Å². The third-order valence-electron chi connectivity index (χ3n) is 2.11. The second kappa shape index (κ2) is 6.80. The van der Waals surface area contributed by atoms with Gasteiger partial charge in [0.1, 0.15) is 5.69 Å². The van der Waals surface area contributed by atoms with E-state index in [0.29, 0.717) is 12.3 Å². The van der Waals surface area contributed by atoms with Crippen molar-refractivity contribution in [1.29, 1.82) is 0 Å².